The Balaban J connectivity index is 2.75. The van der Waals surface area contributed by atoms with Crippen molar-refractivity contribution >= 4 is 16.9 Å². The number of ether oxygens (including phenoxy) is 4. The number of esters is 1. The zero-order valence-electron chi connectivity index (χ0n) is 14.4. The molecule has 1 aromatic carbocycles. The lowest BCUT2D eigenvalue weighted by atomic mass is 9.99. The molecule has 0 saturated heterocycles. The second-order valence-electron chi connectivity index (χ2n) is 5.21. The molecule has 6 nitrogen and oxygen atoms in total. The molecule has 0 saturated carbocycles. The van der Waals surface area contributed by atoms with Crippen LogP contribution in [0.25, 0.3) is 10.9 Å². The predicted octanol–water partition coefficient (Wildman–Crippen LogP) is 2.87. The van der Waals surface area contributed by atoms with Crippen molar-refractivity contribution in [3.8, 4) is 17.2 Å². The quantitative estimate of drug-likeness (QED) is 0.766. The van der Waals surface area contributed by atoms with Crippen molar-refractivity contribution in [3.63, 3.8) is 0 Å². The molecule has 1 aromatic heterocycles. The first-order valence-electron chi connectivity index (χ1n) is 7.44. The van der Waals surface area contributed by atoms with Gasteiger partial charge >= 0.3 is 5.97 Å². The second kappa shape index (κ2) is 6.81. The Labute approximate surface area is 135 Å². The highest BCUT2D eigenvalue weighted by Crippen LogP contribution is 2.46. The summed E-state index contributed by atoms with van der Waals surface area (Å²) >= 11 is 0. The number of carbonyl (C=O) groups excluding carboxylic acids is 1. The number of hydrogen-bond donors (Lipinski definition) is 0. The lowest BCUT2D eigenvalue weighted by Crippen LogP contribution is -2.12. The minimum atomic E-state index is -0.411. The maximum absolute atomic E-state index is 12.1. The van der Waals surface area contributed by atoms with Gasteiger partial charge in [0.1, 0.15) is 0 Å². The summed E-state index contributed by atoms with van der Waals surface area (Å²) in [5, 5.41) is 0.827. The molecular formula is C17H23NO5. The predicted molar refractivity (Wildman–Crippen MR) is 87.6 cm³/mol. The summed E-state index contributed by atoms with van der Waals surface area (Å²) in [5.41, 5.74) is 1.73. The van der Waals surface area contributed by atoms with E-state index in [-0.39, 0.29) is 5.97 Å². The summed E-state index contributed by atoms with van der Waals surface area (Å²) in [6, 6.07) is 1.87. The van der Waals surface area contributed by atoms with Crippen LogP contribution in [0.5, 0.6) is 17.2 Å². The third-order valence-corrected chi connectivity index (χ3v) is 3.92. The summed E-state index contributed by atoms with van der Waals surface area (Å²) in [6.45, 7) is 3.97. The first kappa shape index (κ1) is 17.0. The SMILES string of the molecule is CCOC(=O)C(C)c1cn(C)c2cc(OC)c(OC)c(OC)c12. The Hall–Kier alpha value is -2.37. The van der Waals surface area contributed by atoms with Crippen LogP contribution in [0, 0.1) is 0 Å². The monoisotopic (exact) mass is 321 g/mol. The van der Waals surface area contributed by atoms with Crippen LogP contribution in [0.3, 0.4) is 0 Å². The van der Waals surface area contributed by atoms with Crippen LogP contribution in [-0.4, -0.2) is 38.5 Å². The summed E-state index contributed by atoms with van der Waals surface area (Å²) in [7, 11) is 6.62. The molecule has 0 aliphatic heterocycles. The van der Waals surface area contributed by atoms with E-state index in [9.17, 15) is 4.79 Å². The molecule has 0 fully saturated rings. The van der Waals surface area contributed by atoms with Crippen molar-refractivity contribution in [3.05, 3.63) is 17.8 Å². The van der Waals surface area contributed by atoms with Crippen LogP contribution in [0.15, 0.2) is 12.3 Å². The van der Waals surface area contributed by atoms with Gasteiger partial charge < -0.3 is 23.5 Å². The molecule has 0 bridgehead atoms. The van der Waals surface area contributed by atoms with Crippen LogP contribution in [-0.2, 0) is 16.6 Å². The molecule has 0 radical (unpaired) electrons. The topological polar surface area (TPSA) is 58.9 Å². The highest BCUT2D eigenvalue weighted by atomic mass is 16.5. The summed E-state index contributed by atoms with van der Waals surface area (Å²) in [5.74, 6) is 0.954. The third-order valence-electron chi connectivity index (χ3n) is 3.92. The minimum Gasteiger partial charge on any atom is -0.493 e. The Bertz CT molecular complexity index is 720. The average Bonchev–Trinajstić information content (AvgIpc) is 2.89. The van der Waals surface area contributed by atoms with Crippen LogP contribution in [0.4, 0.5) is 0 Å². The maximum atomic E-state index is 12.1. The Morgan fingerprint density at radius 2 is 1.83 bits per heavy atom. The van der Waals surface area contributed by atoms with Gasteiger partial charge in [-0.25, -0.2) is 0 Å². The molecule has 23 heavy (non-hydrogen) atoms. The molecule has 0 aliphatic rings. The highest BCUT2D eigenvalue weighted by molar-refractivity contribution is 5.97. The Kier molecular flexibility index (Phi) is 5.03. The number of hydrogen-bond acceptors (Lipinski definition) is 5. The van der Waals surface area contributed by atoms with Gasteiger partial charge in [0.15, 0.2) is 11.5 Å². The lowest BCUT2D eigenvalue weighted by Gasteiger charge is -2.15. The molecule has 1 heterocycles. The van der Waals surface area contributed by atoms with Gasteiger partial charge in [-0.2, -0.15) is 0 Å². The molecule has 2 aromatic rings. The number of aromatic nitrogens is 1. The standard InChI is InChI=1S/C17H23NO5/c1-7-23-17(19)10(2)11-9-18(3)12-8-13(20-4)15(21-5)16(22-6)14(11)12/h8-10H,7H2,1-6H3. The average molecular weight is 321 g/mol. The van der Waals surface area contributed by atoms with E-state index in [1.54, 1.807) is 28.3 Å². The van der Waals surface area contributed by atoms with Gasteiger partial charge in [0.05, 0.1) is 39.4 Å². The third kappa shape index (κ3) is 2.81. The number of rotatable bonds is 6. The van der Waals surface area contributed by atoms with Gasteiger partial charge in [-0.05, 0) is 19.4 Å². The Morgan fingerprint density at radius 1 is 1.17 bits per heavy atom. The molecule has 2 rings (SSSR count). The van der Waals surface area contributed by atoms with Gasteiger partial charge in [-0.1, -0.05) is 0 Å². The van der Waals surface area contributed by atoms with Crippen LogP contribution < -0.4 is 14.2 Å². The van der Waals surface area contributed by atoms with E-state index in [2.05, 4.69) is 0 Å². The number of aryl methyl sites for hydroxylation is 1. The van der Waals surface area contributed by atoms with E-state index in [1.807, 2.05) is 30.8 Å². The molecule has 1 atom stereocenters. The molecular weight excluding hydrogens is 298 g/mol. The zero-order chi connectivity index (χ0) is 17.1. The number of carbonyl (C=O) groups is 1. The van der Waals surface area contributed by atoms with Gasteiger partial charge in [0.2, 0.25) is 5.75 Å². The first-order chi connectivity index (χ1) is 11.0. The van der Waals surface area contributed by atoms with Crippen LogP contribution >= 0.6 is 0 Å². The second-order valence-corrected chi connectivity index (χ2v) is 5.21. The maximum Gasteiger partial charge on any atom is 0.313 e. The van der Waals surface area contributed by atoms with Crippen molar-refractivity contribution < 1.29 is 23.7 Å². The molecule has 1 unspecified atom stereocenters. The fourth-order valence-corrected chi connectivity index (χ4v) is 2.77. The van der Waals surface area contributed by atoms with Crippen molar-refractivity contribution in [2.45, 2.75) is 19.8 Å². The van der Waals surface area contributed by atoms with Crippen LogP contribution in [0.1, 0.15) is 25.3 Å². The van der Waals surface area contributed by atoms with Gasteiger partial charge in [-0.15, -0.1) is 0 Å². The fourth-order valence-electron chi connectivity index (χ4n) is 2.77. The summed E-state index contributed by atoms with van der Waals surface area (Å²) in [6.07, 6.45) is 1.91. The van der Waals surface area contributed by atoms with Crippen LogP contribution in [0.2, 0.25) is 0 Å². The number of fused-ring (bicyclic) bond motifs is 1. The van der Waals surface area contributed by atoms with Gasteiger partial charge in [0.25, 0.3) is 0 Å². The Morgan fingerprint density at radius 3 is 2.35 bits per heavy atom. The normalized spacial score (nSPS) is 12.1. The number of methoxy groups -OCH3 is 3. The van der Waals surface area contributed by atoms with Crippen molar-refractivity contribution in [1.29, 1.82) is 0 Å². The summed E-state index contributed by atoms with van der Waals surface area (Å²) in [4.78, 5) is 12.1. The van der Waals surface area contributed by atoms with Gasteiger partial charge in [0, 0.05) is 24.7 Å². The largest absolute Gasteiger partial charge is 0.493 e. The molecule has 0 N–H and O–H groups in total. The highest BCUT2D eigenvalue weighted by Gasteiger charge is 2.26. The molecule has 0 aliphatic carbocycles. The minimum absolute atomic E-state index is 0.267. The van der Waals surface area contributed by atoms with Gasteiger partial charge in [-0.3, -0.25) is 4.79 Å². The smallest absolute Gasteiger partial charge is 0.313 e. The first-order valence-corrected chi connectivity index (χ1v) is 7.44. The van der Waals surface area contributed by atoms with Crippen molar-refractivity contribution in [2.75, 3.05) is 27.9 Å². The molecule has 6 heteroatoms. The lowest BCUT2D eigenvalue weighted by molar-refractivity contribution is -0.144. The molecule has 126 valence electrons. The fraction of sp³-hybridized carbons (Fsp3) is 0.471. The van der Waals surface area contributed by atoms with Crippen molar-refractivity contribution in [1.82, 2.24) is 4.57 Å². The molecule has 0 amide bonds. The number of benzene rings is 1. The van der Waals surface area contributed by atoms with E-state index in [0.717, 1.165) is 16.5 Å². The number of nitrogens with zero attached hydrogens (tertiary/aromatic N) is 1. The van der Waals surface area contributed by atoms with E-state index >= 15 is 0 Å². The summed E-state index contributed by atoms with van der Waals surface area (Å²) < 4.78 is 23.5. The van der Waals surface area contributed by atoms with E-state index in [4.69, 9.17) is 18.9 Å². The molecule has 0 spiro atoms. The van der Waals surface area contributed by atoms with E-state index < -0.39 is 5.92 Å². The van der Waals surface area contributed by atoms with E-state index in [1.165, 1.54) is 0 Å². The van der Waals surface area contributed by atoms with Crippen molar-refractivity contribution in [2.24, 2.45) is 7.05 Å². The zero-order valence-corrected chi connectivity index (χ0v) is 14.4. The van der Waals surface area contributed by atoms with E-state index in [0.29, 0.717) is 23.9 Å².